The van der Waals surface area contributed by atoms with Crippen LogP contribution in [0.5, 0.6) is 0 Å². The average molecular weight is 238 g/mol. The van der Waals surface area contributed by atoms with E-state index in [2.05, 4.69) is 0 Å². The van der Waals surface area contributed by atoms with Gasteiger partial charge in [-0.2, -0.15) is 0 Å². The minimum atomic E-state index is -2.15. The molecule has 1 aromatic rings. The van der Waals surface area contributed by atoms with Gasteiger partial charge in [0.1, 0.15) is 0 Å². The van der Waals surface area contributed by atoms with Gasteiger partial charge in [-0.05, 0) is 0 Å². The maximum atomic E-state index is 13.0. The van der Waals surface area contributed by atoms with Gasteiger partial charge in [-0.1, -0.05) is 0 Å². The fourth-order valence-corrected chi connectivity index (χ4v) is 1.15. The molecule has 0 aliphatic heterocycles. The molecular weight excluding hydrogens is 232 g/mol. The van der Waals surface area contributed by atoms with Gasteiger partial charge in [0.05, 0.1) is 18.1 Å². The van der Waals surface area contributed by atoms with Gasteiger partial charge in [-0.3, -0.25) is 4.79 Å². The molecule has 1 aromatic carbocycles. The molecule has 7 heteroatoms. The molecular formula is C9H6F4O3. The monoisotopic (exact) mass is 238 g/mol. The average Bonchev–Trinajstić information content (AvgIpc) is 2.14. The highest BCUT2D eigenvalue weighted by Gasteiger charge is 2.26. The Hall–Kier alpha value is -1.63. The first kappa shape index (κ1) is 12.4. The summed E-state index contributed by atoms with van der Waals surface area (Å²) < 4.78 is 51.4. The molecule has 0 saturated heterocycles. The molecule has 3 nitrogen and oxygen atoms in total. The largest absolute Gasteiger partial charge is 0.481 e. The summed E-state index contributed by atoms with van der Waals surface area (Å²) in [5.74, 6) is -8.55. The van der Waals surface area contributed by atoms with E-state index < -0.39 is 47.3 Å². The number of hydrogen-bond acceptors (Lipinski definition) is 2. The van der Waals surface area contributed by atoms with Crippen LogP contribution in [0.25, 0.3) is 0 Å². The summed E-state index contributed by atoms with van der Waals surface area (Å²) in [6.07, 6.45) is -3.21. The SMILES string of the molecule is O=C(O)C[C@H](O)c1c(F)c(F)cc(F)c1F. The van der Waals surface area contributed by atoms with Crippen LogP contribution in [0.3, 0.4) is 0 Å². The Balaban J connectivity index is 3.26. The number of benzene rings is 1. The minimum absolute atomic E-state index is 0.0261. The zero-order chi connectivity index (χ0) is 12.5. The van der Waals surface area contributed by atoms with Crippen LogP contribution in [0.4, 0.5) is 17.6 Å². The van der Waals surface area contributed by atoms with Crippen LogP contribution >= 0.6 is 0 Å². The van der Waals surface area contributed by atoms with Crippen molar-refractivity contribution in [2.45, 2.75) is 12.5 Å². The number of rotatable bonds is 3. The van der Waals surface area contributed by atoms with Gasteiger partial charge in [0.15, 0.2) is 23.3 Å². The maximum absolute atomic E-state index is 13.0. The Bertz CT molecular complexity index is 407. The van der Waals surface area contributed by atoms with E-state index in [9.17, 15) is 22.4 Å². The number of halogens is 4. The number of carboxylic acid groups (broad SMARTS) is 1. The molecule has 0 aliphatic carbocycles. The number of carbonyl (C=O) groups is 1. The fraction of sp³-hybridized carbons (Fsp3) is 0.222. The maximum Gasteiger partial charge on any atom is 0.306 e. The topological polar surface area (TPSA) is 57.5 Å². The molecule has 2 N–H and O–H groups in total. The number of hydrogen-bond donors (Lipinski definition) is 2. The van der Waals surface area contributed by atoms with Crippen LogP contribution in [0.15, 0.2) is 6.07 Å². The van der Waals surface area contributed by atoms with Crippen molar-refractivity contribution in [1.29, 1.82) is 0 Å². The highest BCUT2D eigenvalue weighted by atomic mass is 19.2. The lowest BCUT2D eigenvalue weighted by Crippen LogP contribution is -2.12. The van der Waals surface area contributed by atoms with Crippen LogP contribution in [0, 0.1) is 23.3 Å². The molecule has 16 heavy (non-hydrogen) atoms. The molecule has 1 rings (SSSR count). The second kappa shape index (κ2) is 4.48. The van der Waals surface area contributed by atoms with Crippen molar-refractivity contribution in [1.82, 2.24) is 0 Å². The zero-order valence-electron chi connectivity index (χ0n) is 7.68. The van der Waals surface area contributed by atoms with Gasteiger partial charge >= 0.3 is 5.97 Å². The second-order valence-corrected chi connectivity index (χ2v) is 3.00. The van der Waals surface area contributed by atoms with Crippen LogP contribution in [-0.4, -0.2) is 16.2 Å². The molecule has 0 spiro atoms. The van der Waals surface area contributed by atoms with Gasteiger partial charge in [0.25, 0.3) is 0 Å². The Morgan fingerprint density at radius 2 is 1.62 bits per heavy atom. The molecule has 0 saturated carbocycles. The van der Waals surface area contributed by atoms with Crippen LogP contribution < -0.4 is 0 Å². The summed E-state index contributed by atoms with van der Waals surface area (Å²) in [7, 11) is 0. The lowest BCUT2D eigenvalue weighted by molar-refractivity contribution is -0.139. The first-order chi connectivity index (χ1) is 7.34. The molecule has 0 heterocycles. The van der Waals surface area contributed by atoms with E-state index in [-0.39, 0.29) is 6.07 Å². The summed E-state index contributed by atoms with van der Waals surface area (Å²) in [6.45, 7) is 0. The van der Waals surface area contributed by atoms with E-state index in [4.69, 9.17) is 10.2 Å². The third kappa shape index (κ3) is 2.30. The fourth-order valence-electron chi connectivity index (χ4n) is 1.15. The van der Waals surface area contributed by atoms with Crippen molar-refractivity contribution in [3.05, 3.63) is 34.9 Å². The number of aliphatic hydroxyl groups is 1. The summed E-state index contributed by atoms with van der Waals surface area (Å²) in [4.78, 5) is 10.2. The predicted octanol–water partition coefficient (Wildman–Crippen LogP) is 1.75. The highest BCUT2D eigenvalue weighted by molar-refractivity contribution is 5.67. The van der Waals surface area contributed by atoms with Crippen molar-refractivity contribution in [2.75, 3.05) is 0 Å². The van der Waals surface area contributed by atoms with Gasteiger partial charge in [0, 0.05) is 6.07 Å². The van der Waals surface area contributed by atoms with Crippen molar-refractivity contribution < 1.29 is 32.6 Å². The molecule has 0 fully saturated rings. The van der Waals surface area contributed by atoms with E-state index in [1.54, 1.807) is 0 Å². The van der Waals surface area contributed by atoms with E-state index in [0.29, 0.717) is 0 Å². The van der Waals surface area contributed by atoms with Crippen molar-refractivity contribution in [3.63, 3.8) is 0 Å². The lowest BCUT2D eigenvalue weighted by atomic mass is 10.0. The first-order valence-electron chi connectivity index (χ1n) is 4.07. The van der Waals surface area contributed by atoms with E-state index in [1.165, 1.54) is 0 Å². The molecule has 0 radical (unpaired) electrons. The Kier molecular flexibility index (Phi) is 3.48. The smallest absolute Gasteiger partial charge is 0.306 e. The first-order valence-corrected chi connectivity index (χ1v) is 4.07. The molecule has 0 aliphatic rings. The molecule has 0 unspecified atom stereocenters. The second-order valence-electron chi connectivity index (χ2n) is 3.00. The summed E-state index contributed by atoms with van der Waals surface area (Å²) in [5.41, 5.74) is -1.32. The van der Waals surface area contributed by atoms with E-state index >= 15 is 0 Å². The summed E-state index contributed by atoms with van der Waals surface area (Å²) in [5, 5.41) is 17.4. The van der Waals surface area contributed by atoms with Crippen molar-refractivity contribution >= 4 is 5.97 Å². The van der Waals surface area contributed by atoms with E-state index in [1.807, 2.05) is 0 Å². The zero-order valence-corrected chi connectivity index (χ0v) is 7.68. The minimum Gasteiger partial charge on any atom is -0.481 e. The summed E-state index contributed by atoms with van der Waals surface area (Å²) in [6, 6.07) is -0.0261. The Labute approximate surface area is 86.9 Å². The quantitative estimate of drug-likeness (QED) is 0.623. The summed E-state index contributed by atoms with van der Waals surface area (Å²) >= 11 is 0. The van der Waals surface area contributed by atoms with Gasteiger partial charge < -0.3 is 10.2 Å². The predicted molar refractivity (Wildman–Crippen MR) is 43.5 cm³/mol. The van der Waals surface area contributed by atoms with Crippen LogP contribution in [-0.2, 0) is 4.79 Å². The molecule has 0 aromatic heterocycles. The molecule has 88 valence electrons. The van der Waals surface area contributed by atoms with Gasteiger partial charge in [0.2, 0.25) is 0 Å². The van der Waals surface area contributed by atoms with Crippen molar-refractivity contribution in [3.8, 4) is 0 Å². The number of aliphatic hydroxyl groups excluding tert-OH is 1. The standard InChI is InChI=1S/C9H6F4O3/c10-3-1-4(11)9(13)7(8(3)12)5(14)2-6(15)16/h1,5,14H,2H2,(H,15,16)/t5-/m0/s1. The Morgan fingerprint density at radius 1 is 1.19 bits per heavy atom. The molecule has 1 atom stereocenters. The number of aliphatic carboxylic acids is 1. The van der Waals surface area contributed by atoms with E-state index in [0.717, 1.165) is 0 Å². The van der Waals surface area contributed by atoms with Crippen LogP contribution in [0.2, 0.25) is 0 Å². The third-order valence-corrected chi connectivity index (χ3v) is 1.85. The highest BCUT2D eigenvalue weighted by Crippen LogP contribution is 2.26. The normalized spacial score (nSPS) is 12.6. The van der Waals surface area contributed by atoms with Crippen LogP contribution in [0.1, 0.15) is 18.1 Å². The van der Waals surface area contributed by atoms with Gasteiger partial charge in [-0.25, -0.2) is 17.6 Å². The number of carboxylic acids is 1. The lowest BCUT2D eigenvalue weighted by Gasteiger charge is -2.11. The van der Waals surface area contributed by atoms with Crippen molar-refractivity contribution in [2.24, 2.45) is 0 Å². The molecule has 0 amide bonds. The Morgan fingerprint density at radius 3 is 2.00 bits per heavy atom. The van der Waals surface area contributed by atoms with Gasteiger partial charge in [-0.15, -0.1) is 0 Å². The third-order valence-electron chi connectivity index (χ3n) is 1.85. The molecule has 0 bridgehead atoms.